The molecule has 0 amide bonds. The average Bonchev–Trinajstić information content (AvgIpc) is 3.22. The lowest BCUT2D eigenvalue weighted by Crippen LogP contribution is -2.33. The van der Waals surface area contributed by atoms with Gasteiger partial charge < -0.3 is 15.8 Å². The summed E-state index contributed by atoms with van der Waals surface area (Å²) in [6.07, 6.45) is 1.96. The van der Waals surface area contributed by atoms with Crippen LogP contribution in [0.5, 0.6) is 5.75 Å². The summed E-state index contributed by atoms with van der Waals surface area (Å²) in [7, 11) is 0. The average molecular weight is 429 g/mol. The lowest BCUT2D eigenvalue weighted by molar-refractivity contribution is 0.407. The van der Waals surface area contributed by atoms with E-state index in [0.717, 1.165) is 40.3 Å². The number of pyridine rings is 1. The van der Waals surface area contributed by atoms with Crippen LogP contribution in [0.1, 0.15) is 32.3 Å². The molecule has 0 bridgehead atoms. The molecule has 4 rings (SSSR count). The number of aromatic nitrogens is 1. The summed E-state index contributed by atoms with van der Waals surface area (Å²) in [6.45, 7) is 4.95. The lowest BCUT2D eigenvalue weighted by Gasteiger charge is -2.31. The standard InChI is InChI=1S/C23H24N2O2S.ClH/c1-3-23(4-2,13-24)15-7-5-14(6-8-15)19-18(26)10-9-17-20(19)16-11-12-28-21(16)22(27)25-17;/h5-12,26H,3-4,13,24H2,1-2H3,(H,25,27);1H. The second-order valence-electron chi connectivity index (χ2n) is 7.27. The molecule has 2 heterocycles. The highest BCUT2D eigenvalue weighted by Crippen LogP contribution is 2.40. The predicted molar refractivity (Wildman–Crippen MR) is 126 cm³/mol. The Balaban J connectivity index is 0.00000240. The minimum absolute atomic E-state index is 0. The molecule has 152 valence electrons. The largest absolute Gasteiger partial charge is 0.507 e. The van der Waals surface area contributed by atoms with Crippen LogP contribution < -0.4 is 11.3 Å². The summed E-state index contributed by atoms with van der Waals surface area (Å²) >= 11 is 1.41. The molecule has 29 heavy (non-hydrogen) atoms. The molecule has 6 heteroatoms. The minimum Gasteiger partial charge on any atom is -0.507 e. The van der Waals surface area contributed by atoms with Gasteiger partial charge in [-0.25, -0.2) is 0 Å². The Bertz CT molecular complexity index is 1200. The van der Waals surface area contributed by atoms with Gasteiger partial charge in [-0.1, -0.05) is 38.1 Å². The fraction of sp³-hybridized carbons (Fsp3) is 0.261. The van der Waals surface area contributed by atoms with E-state index in [1.807, 2.05) is 23.6 Å². The van der Waals surface area contributed by atoms with Crippen LogP contribution >= 0.6 is 23.7 Å². The molecule has 0 aliphatic carbocycles. The molecule has 2 aromatic heterocycles. The molecule has 0 aliphatic heterocycles. The smallest absolute Gasteiger partial charge is 0.266 e. The van der Waals surface area contributed by atoms with Crippen molar-refractivity contribution >= 4 is 44.7 Å². The van der Waals surface area contributed by atoms with Gasteiger partial charge in [-0.15, -0.1) is 23.7 Å². The van der Waals surface area contributed by atoms with Crippen molar-refractivity contribution in [1.29, 1.82) is 0 Å². The second kappa shape index (κ2) is 8.19. The van der Waals surface area contributed by atoms with Crippen molar-refractivity contribution in [1.82, 2.24) is 4.98 Å². The molecular formula is C23H25ClN2O2S. The van der Waals surface area contributed by atoms with Crippen molar-refractivity contribution < 1.29 is 5.11 Å². The molecule has 0 saturated heterocycles. The van der Waals surface area contributed by atoms with Crippen LogP contribution in [0.4, 0.5) is 0 Å². The number of rotatable bonds is 5. The first-order valence-corrected chi connectivity index (χ1v) is 10.5. The third-order valence-corrected chi connectivity index (χ3v) is 7.02. The SMILES string of the molecule is CCC(CC)(CN)c1ccc(-c2c(O)ccc3[nH]c(=O)c4sccc4c23)cc1.Cl. The van der Waals surface area contributed by atoms with E-state index >= 15 is 0 Å². The number of aromatic hydroxyl groups is 1. The number of halogens is 1. The van der Waals surface area contributed by atoms with E-state index in [1.165, 1.54) is 16.9 Å². The summed E-state index contributed by atoms with van der Waals surface area (Å²) in [5.41, 5.74) is 9.60. The highest BCUT2D eigenvalue weighted by atomic mass is 35.5. The van der Waals surface area contributed by atoms with Crippen molar-refractivity contribution in [3.63, 3.8) is 0 Å². The highest BCUT2D eigenvalue weighted by molar-refractivity contribution is 7.17. The lowest BCUT2D eigenvalue weighted by atomic mass is 9.75. The van der Waals surface area contributed by atoms with Crippen LogP contribution in [0.25, 0.3) is 32.1 Å². The van der Waals surface area contributed by atoms with Crippen molar-refractivity contribution in [3.8, 4) is 16.9 Å². The van der Waals surface area contributed by atoms with Crippen LogP contribution in [0.2, 0.25) is 0 Å². The monoisotopic (exact) mass is 428 g/mol. The maximum absolute atomic E-state index is 12.3. The third kappa shape index (κ3) is 3.33. The Morgan fingerprint density at radius 1 is 1.07 bits per heavy atom. The highest BCUT2D eigenvalue weighted by Gasteiger charge is 2.26. The quantitative estimate of drug-likeness (QED) is 0.389. The number of thiophene rings is 1. The number of hydrogen-bond donors (Lipinski definition) is 3. The molecular weight excluding hydrogens is 404 g/mol. The molecule has 0 radical (unpaired) electrons. The normalized spacial score (nSPS) is 11.7. The van der Waals surface area contributed by atoms with Gasteiger partial charge in [0, 0.05) is 33.8 Å². The number of phenols is 1. The fourth-order valence-corrected chi connectivity index (χ4v) is 4.98. The summed E-state index contributed by atoms with van der Waals surface area (Å²) in [5, 5.41) is 14.3. The summed E-state index contributed by atoms with van der Waals surface area (Å²) in [4.78, 5) is 15.3. The van der Waals surface area contributed by atoms with Crippen molar-refractivity contribution in [3.05, 3.63) is 63.8 Å². The molecule has 4 nitrogen and oxygen atoms in total. The van der Waals surface area contributed by atoms with Crippen molar-refractivity contribution in [2.75, 3.05) is 6.54 Å². The molecule has 0 aliphatic rings. The van der Waals surface area contributed by atoms with Crippen LogP contribution in [-0.4, -0.2) is 16.6 Å². The molecule has 0 fully saturated rings. The third-order valence-electron chi connectivity index (χ3n) is 6.10. The van der Waals surface area contributed by atoms with E-state index in [9.17, 15) is 9.90 Å². The van der Waals surface area contributed by atoms with Gasteiger partial charge in [0.1, 0.15) is 10.4 Å². The van der Waals surface area contributed by atoms with Crippen LogP contribution in [0, 0.1) is 0 Å². The number of hydrogen-bond acceptors (Lipinski definition) is 4. The van der Waals surface area contributed by atoms with Crippen molar-refractivity contribution in [2.45, 2.75) is 32.1 Å². The zero-order chi connectivity index (χ0) is 19.9. The van der Waals surface area contributed by atoms with E-state index in [-0.39, 0.29) is 29.1 Å². The molecule has 0 saturated carbocycles. The second-order valence-corrected chi connectivity index (χ2v) is 8.18. The van der Waals surface area contributed by atoms with Gasteiger partial charge in [0.2, 0.25) is 0 Å². The molecule has 0 spiro atoms. The zero-order valence-corrected chi connectivity index (χ0v) is 18.1. The van der Waals surface area contributed by atoms with Crippen LogP contribution in [0.15, 0.2) is 52.6 Å². The molecule has 2 aromatic carbocycles. The summed E-state index contributed by atoms with van der Waals surface area (Å²) in [5.74, 6) is 0.205. The number of nitrogens with one attached hydrogen (secondary N) is 1. The maximum Gasteiger partial charge on any atom is 0.266 e. The maximum atomic E-state index is 12.3. The predicted octanol–water partition coefficient (Wildman–Crippen LogP) is 5.55. The van der Waals surface area contributed by atoms with E-state index < -0.39 is 0 Å². The fourth-order valence-electron chi connectivity index (χ4n) is 4.18. The van der Waals surface area contributed by atoms with Gasteiger partial charge in [-0.2, -0.15) is 0 Å². The van der Waals surface area contributed by atoms with E-state index in [2.05, 4.69) is 31.0 Å². The Morgan fingerprint density at radius 2 is 1.76 bits per heavy atom. The van der Waals surface area contributed by atoms with Crippen LogP contribution in [-0.2, 0) is 5.41 Å². The number of benzene rings is 2. The Morgan fingerprint density at radius 3 is 2.38 bits per heavy atom. The van der Waals surface area contributed by atoms with Gasteiger partial charge >= 0.3 is 0 Å². The Labute approximate surface area is 179 Å². The van der Waals surface area contributed by atoms with E-state index in [0.29, 0.717) is 11.2 Å². The Hall–Kier alpha value is -2.34. The minimum atomic E-state index is -0.0943. The van der Waals surface area contributed by atoms with Gasteiger partial charge in [0.05, 0.1) is 0 Å². The molecule has 0 atom stereocenters. The van der Waals surface area contributed by atoms with E-state index in [4.69, 9.17) is 5.73 Å². The number of phenolic OH excluding ortho intramolecular Hbond substituents is 1. The first-order valence-electron chi connectivity index (χ1n) is 9.60. The van der Waals surface area contributed by atoms with Gasteiger partial charge in [0.25, 0.3) is 5.56 Å². The summed E-state index contributed by atoms with van der Waals surface area (Å²) < 4.78 is 0.676. The van der Waals surface area contributed by atoms with Gasteiger partial charge in [-0.05, 0) is 47.5 Å². The van der Waals surface area contributed by atoms with Crippen molar-refractivity contribution in [2.24, 2.45) is 5.73 Å². The molecule has 4 N–H and O–H groups in total. The van der Waals surface area contributed by atoms with Crippen LogP contribution in [0.3, 0.4) is 0 Å². The first-order chi connectivity index (χ1) is 13.5. The Kier molecular flexibility index (Phi) is 6.03. The van der Waals surface area contributed by atoms with Gasteiger partial charge in [-0.3, -0.25) is 4.79 Å². The zero-order valence-electron chi connectivity index (χ0n) is 16.5. The number of aromatic amines is 1. The number of nitrogens with two attached hydrogens (primary N) is 1. The first kappa shape index (κ1) is 21.4. The number of H-pyrrole nitrogens is 1. The topological polar surface area (TPSA) is 79.1 Å². The molecule has 0 unspecified atom stereocenters. The van der Waals surface area contributed by atoms with Gasteiger partial charge in [0.15, 0.2) is 0 Å². The molecule has 4 aromatic rings. The van der Waals surface area contributed by atoms with E-state index in [1.54, 1.807) is 12.1 Å². The summed E-state index contributed by atoms with van der Waals surface area (Å²) in [6, 6.07) is 13.7. The number of fused-ring (bicyclic) bond motifs is 3.